The Hall–Kier alpha value is -4.52. The van der Waals surface area contributed by atoms with Gasteiger partial charge in [-0.25, -0.2) is 0 Å². The van der Waals surface area contributed by atoms with Crippen molar-refractivity contribution in [2.75, 3.05) is 71.2 Å². The highest BCUT2D eigenvalue weighted by Crippen LogP contribution is 2.28. The zero-order chi connectivity index (χ0) is 32.0. The van der Waals surface area contributed by atoms with Crippen LogP contribution in [0.1, 0.15) is 11.1 Å². The van der Waals surface area contributed by atoms with E-state index >= 15 is 0 Å². The third-order valence-electron chi connectivity index (χ3n) is 5.70. The van der Waals surface area contributed by atoms with Crippen LogP contribution in [0.15, 0.2) is 12.1 Å². The minimum Gasteiger partial charge on any atom is -0.507 e. The molecule has 0 radical (unpaired) electrons. The van der Waals surface area contributed by atoms with E-state index in [4.69, 9.17) is 26.2 Å². The van der Waals surface area contributed by atoms with Gasteiger partial charge >= 0.3 is 35.8 Å². The molecule has 0 amide bonds. The SMILES string of the molecule is Nc1cc(CN(CCN(CC(=O)O)CC(=O)O)CC(=O)O)c(O)c(CN(CCN(CC(=O)O)CC(=O)O)CC(=O)O)c1. The molecule has 1 aromatic carbocycles. The van der Waals surface area contributed by atoms with Gasteiger partial charge in [0.2, 0.25) is 0 Å². The number of carboxylic acids is 6. The van der Waals surface area contributed by atoms with Gasteiger partial charge in [0.25, 0.3) is 0 Å². The maximum Gasteiger partial charge on any atom is 0.317 e. The summed E-state index contributed by atoms with van der Waals surface area (Å²) in [6.45, 7) is -4.34. The van der Waals surface area contributed by atoms with E-state index in [2.05, 4.69) is 0 Å². The highest BCUT2D eigenvalue weighted by atomic mass is 16.4. The van der Waals surface area contributed by atoms with E-state index in [-0.39, 0.29) is 61.8 Å². The average molecular weight is 602 g/mol. The summed E-state index contributed by atoms with van der Waals surface area (Å²) in [5, 5.41) is 65.8. The first kappa shape index (κ1) is 35.5. The zero-order valence-electron chi connectivity index (χ0n) is 22.6. The number of hydrogen-bond acceptors (Lipinski definition) is 12. The monoisotopic (exact) mass is 601 g/mol. The zero-order valence-corrected chi connectivity index (χ0v) is 22.6. The Kier molecular flexibility index (Phi) is 14.6. The van der Waals surface area contributed by atoms with E-state index in [1.54, 1.807) is 0 Å². The highest BCUT2D eigenvalue weighted by molar-refractivity contribution is 5.73. The van der Waals surface area contributed by atoms with Crippen LogP contribution >= 0.6 is 0 Å². The molecule has 18 nitrogen and oxygen atoms in total. The summed E-state index contributed by atoms with van der Waals surface area (Å²) in [6.07, 6.45) is 0. The number of rotatable bonds is 22. The van der Waals surface area contributed by atoms with Crippen molar-refractivity contribution in [1.82, 2.24) is 19.6 Å². The molecule has 1 aromatic rings. The number of nitrogens with two attached hydrogens (primary N) is 1. The predicted octanol–water partition coefficient (Wildman–Crippen LogP) is -2.31. The lowest BCUT2D eigenvalue weighted by Crippen LogP contribution is -2.41. The van der Waals surface area contributed by atoms with Crippen LogP contribution in [-0.4, -0.2) is 157 Å². The van der Waals surface area contributed by atoms with Crippen molar-refractivity contribution >= 4 is 41.5 Å². The van der Waals surface area contributed by atoms with Crippen LogP contribution in [-0.2, 0) is 41.9 Å². The van der Waals surface area contributed by atoms with Gasteiger partial charge < -0.3 is 41.5 Å². The molecule has 0 spiro atoms. The molecule has 0 saturated heterocycles. The molecule has 0 saturated carbocycles. The van der Waals surface area contributed by atoms with Crippen LogP contribution < -0.4 is 5.73 Å². The van der Waals surface area contributed by atoms with Gasteiger partial charge in [-0.05, 0) is 12.1 Å². The standard InChI is InChI=1S/C24H35N5O13/c25-17-5-15(7-26(9-18(30)31)1-3-28(11-20(34)35)12-21(36)37)24(42)16(6-17)8-27(10-19(32)33)2-4-29(13-22(38)39)14-23(40)41/h5-6,42H,1-4,7-14,25H2,(H,30,31)(H,32,33)(H,34,35)(H,36,37)(H,38,39)(H,40,41). The number of carboxylic acid groups (broad SMARTS) is 6. The van der Waals surface area contributed by atoms with E-state index < -0.39 is 75.1 Å². The third-order valence-corrected chi connectivity index (χ3v) is 5.70. The largest absolute Gasteiger partial charge is 0.507 e. The number of aliphatic carboxylic acids is 6. The topological polar surface area (TPSA) is 283 Å². The molecule has 0 aliphatic rings. The number of aromatic hydroxyl groups is 1. The molecule has 0 unspecified atom stereocenters. The van der Waals surface area contributed by atoms with Crippen LogP contribution in [0, 0.1) is 0 Å². The quantitative estimate of drug-likeness (QED) is 0.0511. The molecule has 42 heavy (non-hydrogen) atoms. The van der Waals surface area contributed by atoms with Crippen molar-refractivity contribution in [3.63, 3.8) is 0 Å². The van der Waals surface area contributed by atoms with Gasteiger partial charge in [0.1, 0.15) is 5.75 Å². The van der Waals surface area contributed by atoms with Gasteiger partial charge in [0, 0.05) is 56.1 Å². The second kappa shape index (κ2) is 17.3. The third kappa shape index (κ3) is 14.7. The molecule has 18 heteroatoms. The molecule has 9 N–H and O–H groups in total. The molecule has 0 bridgehead atoms. The first-order valence-electron chi connectivity index (χ1n) is 12.4. The van der Waals surface area contributed by atoms with Gasteiger partial charge in [0.05, 0.1) is 39.3 Å². The molecule has 0 aromatic heterocycles. The Bertz CT molecular complexity index is 1030. The lowest BCUT2D eigenvalue weighted by molar-refractivity contribution is -0.144. The van der Waals surface area contributed by atoms with E-state index in [0.29, 0.717) is 0 Å². The summed E-state index contributed by atoms with van der Waals surface area (Å²) in [4.78, 5) is 72.0. The smallest absolute Gasteiger partial charge is 0.317 e. The number of nitrogens with zero attached hydrogens (tertiary/aromatic N) is 4. The highest BCUT2D eigenvalue weighted by Gasteiger charge is 2.21. The average Bonchev–Trinajstić information content (AvgIpc) is 2.81. The molecule has 0 aliphatic carbocycles. The summed E-state index contributed by atoms with van der Waals surface area (Å²) < 4.78 is 0. The lowest BCUT2D eigenvalue weighted by atomic mass is 10.1. The number of carbonyl (C=O) groups is 6. The van der Waals surface area contributed by atoms with Crippen LogP contribution in [0.5, 0.6) is 5.75 Å². The van der Waals surface area contributed by atoms with Crippen LogP contribution in [0.4, 0.5) is 5.69 Å². The van der Waals surface area contributed by atoms with E-state index in [9.17, 15) is 44.1 Å². The fourth-order valence-electron chi connectivity index (χ4n) is 4.08. The second-order valence-corrected chi connectivity index (χ2v) is 9.39. The Morgan fingerprint density at radius 2 is 0.738 bits per heavy atom. The van der Waals surface area contributed by atoms with Crippen molar-refractivity contribution in [1.29, 1.82) is 0 Å². The predicted molar refractivity (Wildman–Crippen MR) is 142 cm³/mol. The fraction of sp³-hybridized carbons (Fsp3) is 0.500. The minimum atomic E-state index is -1.28. The molecule has 1 rings (SSSR count). The summed E-state index contributed by atoms with van der Waals surface area (Å²) >= 11 is 0. The van der Waals surface area contributed by atoms with Crippen LogP contribution in [0.25, 0.3) is 0 Å². The summed E-state index contributed by atoms with van der Waals surface area (Å²) in [5.41, 5.74) is 6.44. The summed E-state index contributed by atoms with van der Waals surface area (Å²) in [5.74, 6) is -7.95. The fourth-order valence-corrected chi connectivity index (χ4v) is 4.08. The van der Waals surface area contributed by atoms with Gasteiger partial charge in [-0.15, -0.1) is 0 Å². The van der Waals surface area contributed by atoms with Crippen molar-refractivity contribution in [2.45, 2.75) is 13.1 Å². The van der Waals surface area contributed by atoms with Crippen LogP contribution in [0.3, 0.4) is 0 Å². The van der Waals surface area contributed by atoms with E-state index in [1.807, 2.05) is 0 Å². The van der Waals surface area contributed by atoms with Gasteiger partial charge in [-0.2, -0.15) is 0 Å². The Balaban J connectivity index is 3.17. The molecule has 0 aliphatic heterocycles. The minimum absolute atomic E-state index is 0.0927. The molecule has 0 atom stereocenters. The first-order valence-corrected chi connectivity index (χ1v) is 12.4. The second-order valence-electron chi connectivity index (χ2n) is 9.39. The van der Waals surface area contributed by atoms with Crippen molar-refractivity contribution in [3.8, 4) is 5.75 Å². The lowest BCUT2D eigenvalue weighted by Gasteiger charge is -2.27. The molecular weight excluding hydrogens is 566 g/mol. The van der Waals surface area contributed by atoms with Crippen LogP contribution in [0.2, 0.25) is 0 Å². The van der Waals surface area contributed by atoms with E-state index in [0.717, 1.165) is 9.80 Å². The Morgan fingerprint density at radius 1 is 0.500 bits per heavy atom. The van der Waals surface area contributed by atoms with E-state index in [1.165, 1.54) is 21.9 Å². The number of phenols is 1. The molecule has 0 fully saturated rings. The molecule has 234 valence electrons. The number of nitrogen functional groups attached to an aromatic ring is 1. The summed E-state index contributed by atoms with van der Waals surface area (Å²) in [6, 6.07) is 2.73. The van der Waals surface area contributed by atoms with Gasteiger partial charge in [-0.3, -0.25) is 48.4 Å². The molecular formula is C24H35N5O13. The van der Waals surface area contributed by atoms with Gasteiger partial charge in [0.15, 0.2) is 0 Å². The molecule has 0 heterocycles. The number of hydrogen-bond donors (Lipinski definition) is 8. The van der Waals surface area contributed by atoms with Gasteiger partial charge in [-0.1, -0.05) is 0 Å². The van der Waals surface area contributed by atoms with Crippen molar-refractivity contribution in [2.24, 2.45) is 0 Å². The Labute approximate surface area is 239 Å². The first-order chi connectivity index (χ1) is 19.5. The number of benzene rings is 1. The number of anilines is 1. The van der Waals surface area contributed by atoms with Crippen molar-refractivity contribution < 1.29 is 64.5 Å². The Morgan fingerprint density at radius 3 is 1.00 bits per heavy atom. The normalized spacial score (nSPS) is 11.3. The number of phenolic OH excluding ortho intramolecular Hbond substituents is 1. The van der Waals surface area contributed by atoms with Crippen molar-refractivity contribution in [3.05, 3.63) is 23.3 Å². The summed E-state index contributed by atoms with van der Waals surface area (Å²) in [7, 11) is 0. The maximum absolute atomic E-state index is 11.5. The maximum atomic E-state index is 11.5.